The summed E-state index contributed by atoms with van der Waals surface area (Å²) in [6, 6.07) is 7.03. The van der Waals surface area contributed by atoms with Crippen molar-refractivity contribution in [2.75, 3.05) is 7.11 Å². The van der Waals surface area contributed by atoms with Crippen LogP contribution in [0.4, 0.5) is 0 Å². The number of methoxy groups -OCH3 is 1. The second kappa shape index (κ2) is 5.05. The molecule has 2 rings (SSSR count). The van der Waals surface area contributed by atoms with Gasteiger partial charge >= 0.3 is 5.97 Å². The number of halogens is 1. The molecule has 4 nitrogen and oxygen atoms in total. The van der Waals surface area contributed by atoms with E-state index in [-0.39, 0.29) is 0 Å². The molecule has 0 unspecified atom stereocenters. The van der Waals surface area contributed by atoms with Crippen LogP contribution < -0.4 is 0 Å². The summed E-state index contributed by atoms with van der Waals surface area (Å²) < 4.78 is 5.54. The van der Waals surface area contributed by atoms with Crippen LogP contribution in [0.25, 0.3) is 11.4 Å². The van der Waals surface area contributed by atoms with Gasteiger partial charge in [-0.1, -0.05) is 15.9 Å². The molecular formula is C12H9BrN2O2. The van der Waals surface area contributed by atoms with Crippen molar-refractivity contribution < 1.29 is 9.53 Å². The summed E-state index contributed by atoms with van der Waals surface area (Å²) in [5.74, 6) is 0.0918. The molecular weight excluding hydrogens is 284 g/mol. The van der Waals surface area contributed by atoms with Crippen LogP contribution in [0, 0.1) is 0 Å². The Hall–Kier alpha value is -1.75. The molecule has 5 heteroatoms. The molecule has 0 aliphatic carbocycles. The number of carbonyl (C=O) groups excluding carboxylic acids is 1. The highest BCUT2D eigenvalue weighted by molar-refractivity contribution is 9.10. The smallest absolute Gasteiger partial charge is 0.338 e. The monoisotopic (exact) mass is 292 g/mol. The Morgan fingerprint density at radius 2 is 2.00 bits per heavy atom. The van der Waals surface area contributed by atoms with Gasteiger partial charge in [0, 0.05) is 22.4 Å². The van der Waals surface area contributed by atoms with Crippen LogP contribution in [-0.4, -0.2) is 23.0 Å². The number of nitrogens with zero attached hydrogens (tertiary/aromatic N) is 2. The normalized spacial score (nSPS) is 10.0. The molecule has 1 aromatic heterocycles. The van der Waals surface area contributed by atoms with E-state index in [0.29, 0.717) is 17.0 Å². The molecule has 0 fully saturated rings. The third-order valence-corrected chi connectivity index (χ3v) is 2.69. The van der Waals surface area contributed by atoms with Crippen LogP contribution >= 0.6 is 15.9 Å². The summed E-state index contributed by atoms with van der Waals surface area (Å²) in [5.41, 5.74) is 1.09. The lowest BCUT2D eigenvalue weighted by Crippen LogP contribution is -2.04. The SMILES string of the molecule is COC(=O)c1cc(Br)ccc1-c1ncccn1. The molecule has 0 spiro atoms. The van der Waals surface area contributed by atoms with Crippen molar-refractivity contribution in [3.8, 4) is 11.4 Å². The standard InChI is InChI=1S/C12H9BrN2O2/c1-17-12(16)10-7-8(13)3-4-9(10)11-14-5-2-6-15-11/h2-7H,1H3. The molecule has 1 heterocycles. The summed E-state index contributed by atoms with van der Waals surface area (Å²) >= 11 is 3.32. The molecule has 0 aliphatic heterocycles. The van der Waals surface area contributed by atoms with Crippen molar-refractivity contribution in [1.29, 1.82) is 0 Å². The maximum Gasteiger partial charge on any atom is 0.338 e. The number of esters is 1. The average molecular weight is 293 g/mol. The van der Waals surface area contributed by atoms with Gasteiger partial charge < -0.3 is 4.74 Å². The molecule has 0 radical (unpaired) electrons. The van der Waals surface area contributed by atoms with E-state index in [1.54, 1.807) is 30.6 Å². The van der Waals surface area contributed by atoms with Crippen molar-refractivity contribution in [3.05, 3.63) is 46.7 Å². The van der Waals surface area contributed by atoms with E-state index in [1.165, 1.54) is 7.11 Å². The van der Waals surface area contributed by atoms with E-state index in [0.717, 1.165) is 4.47 Å². The predicted molar refractivity (Wildman–Crippen MR) is 66.5 cm³/mol. The van der Waals surface area contributed by atoms with Crippen molar-refractivity contribution in [2.45, 2.75) is 0 Å². The van der Waals surface area contributed by atoms with Crippen LogP contribution in [0.3, 0.4) is 0 Å². The van der Waals surface area contributed by atoms with E-state index >= 15 is 0 Å². The quantitative estimate of drug-likeness (QED) is 0.799. The fourth-order valence-corrected chi connectivity index (χ4v) is 1.79. The zero-order valence-electron chi connectivity index (χ0n) is 9.05. The van der Waals surface area contributed by atoms with Gasteiger partial charge in [0.25, 0.3) is 0 Å². The zero-order chi connectivity index (χ0) is 12.3. The summed E-state index contributed by atoms with van der Waals surface area (Å²) in [4.78, 5) is 19.9. The fraction of sp³-hybridized carbons (Fsp3) is 0.0833. The van der Waals surface area contributed by atoms with Gasteiger partial charge in [0.05, 0.1) is 12.7 Å². The Kier molecular flexibility index (Phi) is 3.49. The molecule has 0 saturated heterocycles. The lowest BCUT2D eigenvalue weighted by Gasteiger charge is -2.06. The topological polar surface area (TPSA) is 52.1 Å². The van der Waals surface area contributed by atoms with E-state index in [4.69, 9.17) is 4.74 Å². The van der Waals surface area contributed by atoms with Gasteiger partial charge in [0.1, 0.15) is 0 Å². The number of benzene rings is 1. The highest BCUT2D eigenvalue weighted by Crippen LogP contribution is 2.24. The highest BCUT2D eigenvalue weighted by Gasteiger charge is 2.15. The number of aromatic nitrogens is 2. The molecule has 0 saturated carbocycles. The van der Waals surface area contributed by atoms with Gasteiger partial charge in [-0.15, -0.1) is 0 Å². The van der Waals surface area contributed by atoms with E-state index in [2.05, 4.69) is 25.9 Å². The van der Waals surface area contributed by atoms with Crippen LogP contribution in [0.5, 0.6) is 0 Å². The Morgan fingerprint density at radius 1 is 1.29 bits per heavy atom. The van der Waals surface area contributed by atoms with Crippen molar-refractivity contribution in [3.63, 3.8) is 0 Å². The Balaban J connectivity index is 2.58. The number of rotatable bonds is 2. The first kappa shape index (κ1) is 11.7. The van der Waals surface area contributed by atoms with Crippen LogP contribution in [0.1, 0.15) is 10.4 Å². The lowest BCUT2D eigenvalue weighted by atomic mass is 10.1. The third kappa shape index (κ3) is 2.50. The lowest BCUT2D eigenvalue weighted by molar-refractivity contribution is 0.0601. The molecule has 1 aromatic carbocycles. The maximum absolute atomic E-state index is 11.7. The van der Waals surface area contributed by atoms with E-state index in [9.17, 15) is 4.79 Å². The van der Waals surface area contributed by atoms with Gasteiger partial charge in [-0.05, 0) is 24.3 Å². The Labute approximate surface area is 107 Å². The molecule has 2 aromatic rings. The molecule has 0 N–H and O–H groups in total. The predicted octanol–water partition coefficient (Wildman–Crippen LogP) is 2.69. The van der Waals surface area contributed by atoms with Crippen molar-refractivity contribution in [1.82, 2.24) is 9.97 Å². The Morgan fingerprint density at radius 3 is 2.65 bits per heavy atom. The van der Waals surface area contributed by atoms with Gasteiger partial charge in [0.15, 0.2) is 5.82 Å². The molecule has 0 atom stereocenters. The van der Waals surface area contributed by atoms with E-state index < -0.39 is 5.97 Å². The molecule has 17 heavy (non-hydrogen) atoms. The average Bonchev–Trinajstić information content (AvgIpc) is 2.38. The first-order valence-corrected chi connectivity index (χ1v) is 5.67. The summed E-state index contributed by atoms with van der Waals surface area (Å²) in [7, 11) is 1.35. The Bertz CT molecular complexity index is 543. The van der Waals surface area contributed by atoms with Gasteiger partial charge in [-0.3, -0.25) is 0 Å². The molecule has 0 aliphatic rings. The van der Waals surface area contributed by atoms with Crippen LogP contribution in [0.15, 0.2) is 41.1 Å². The van der Waals surface area contributed by atoms with Gasteiger partial charge in [-0.25, -0.2) is 14.8 Å². The number of hydrogen-bond acceptors (Lipinski definition) is 4. The molecule has 0 amide bonds. The molecule has 0 bridgehead atoms. The summed E-state index contributed by atoms with van der Waals surface area (Å²) in [6.07, 6.45) is 3.26. The summed E-state index contributed by atoms with van der Waals surface area (Å²) in [6.45, 7) is 0. The number of hydrogen-bond donors (Lipinski definition) is 0. The fourth-order valence-electron chi connectivity index (χ4n) is 1.43. The number of carbonyl (C=O) groups is 1. The minimum atomic E-state index is -0.409. The van der Waals surface area contributed by atoms with Crippen molar-refractivity contribution >= 4 is 21.9 Å². The maximum atomic E-state index is 11.7. The van der Waals surface area contributed by atoms with Gasteiger partial charge in [-0.2, -0.15) is 0 Å². The van der Waals surface area contributed by atoms with Crippen molar-refractivity contribution in [2.24, 2.45) is 0 Å². The largest absolute Gasteiger partial charge is 0.465 e. The van der Waals surface area contributed by atoms with Gasteiger partial charge in [0.2, 0.25) is 0 Å². The minimum absolute atomic E-state index is 0.409. The third-order valence-electron chi connectivity index (χ3n) is 2.19. The second-order valence-corrected chi connectivity index (χ2v) is 4.17. The first-order chi connectivity index (χ1) is 8.22. The molecule has 86 valence electrons. The van der Waals surface area contributed by atoms with E-state index in [1.807, 2.05) is 6.07 Å². The minimum Gasteiger partial charge on any atom is -0.465 e. The second-order valence-electron chi connectivity index (χ2n) is 3.25. The van der Waals surface area contributed by atoms with Crippen LogP contribution in [0.2, 0.25) is 0 Å². The highest BCUT2D eigenvalue weighted by atomic mass is 79.9. The van der Waals surface area contributed by atoms with Crippen LogP contribution in [-0.2, 0) is 4.74 Å². The zero-order valence-corrected chi connectivity index (χ0v) is 10.6. The summed E-state index contributed by atoms with van der Waals surface area (Å²) in [5, 5.41) is 0. The first-order valence-electron chi connectivity index (χ1n) is 4.87. The number of ether oxygens (including phenoxy) is 1.